The zero-order valence-corrected chi connectivity index (χ0v) is 22.3. The average Bonchev–Trinajstić information content (AvgIpc) is 3.50. The van der Waals surface area contributed by atoms with Crippen LogP contribution in [-0.2, 0) is 12.8 Å². The van der Waals surface area contributed by atoms with Gasteiger partial charge in [-0.25, -0.2) is 4.99 Å². The second-order valence-corrected chi connectivity index (χ2v) is 10.6. The van der Waals surface area contributed by atoms with Gasteiger partial charge in [-0.15, -0.1) is 11.3 Å². The number of nitrogens with one attached hydrogen (secondary N) is 1. The lowest BCUT2D eigenvalue weighted by atomic mass is 9.96. The molecule has 0 atom stereocenters. The summed E-state index contributed by atoms with van der Waals surface area (Å²) >= 11 is 1.59. The van der Waals surface area contributed by atoms with Gasteiger partial charge in [-0.3, -0.25) is 14.9 Å². The van der Waals surface area contributed by atoms with E-state index in [2.05, 4.69) is 5.32 Å². The summed E-state index contributed by atoms with van der Waals surface area (Å²) in [5.74, 6) is 1.00. The largest absolute Gasteiger partial charge is 0.455 e. The number of nitro groups is 1. The maximum Gasteiger partial charge on any atom is 0.269 e. The Bertz CT molecular complexity index is 1510. The summed E-state index contributed by atoms with van der Waals surface area (Å²) in [6, 6.07) is 15.8. The van der Waals surface area contributed by atoms with Crippen molar-refractivity contribution in [2.24, 2.45) is 4.99 Å². The number of anilines is 1. The van der Waals surface area contributed by atoms with E-state index in [4.69, 9.17) is 9.41 Å². The molecule has 2 aromatic heterocycles. The van der Waals surface area contributed by atoms with E-state index in [1.165, 1.54) is 29.9 Å². The first-order chi connectivity index (χ1) is 18.4. The number of hydrogen-bond acceptors (Lipinski definition) is 6. The molecular weight excluding hydrogens is 498 g/mol. The molecule has 8 heteroatoms. The molecule has 0 bridgehead atoms. The Morgan fingerprint density at radius 2 is 1.79 bits per heavy atom. The van der Waals surface area contributed by atoms with Crippen LogP contribution in [0.25, 0.3) is 11.3 Å². The van der Waals surface area contributed by atoms with Crippen LogP contribution in [0.4, 0.5) is 16.4 Å². The summed E-state index contributed by atoms with van der Waals surface area (Å²) in [5.41, 5.74) is 5.54. The highest BCUT2D eigenvalue weighted by atomic mass is 32.1. The number of nitrogens with zero attached hydrogens (tertiary/aromatic N) is 2. The first-order valence-corrected chi connectivity index (χ1v) is 13.6. The van der Waals surface area contributed by atoms with Gasteiger partial charge < -0.3 is 9.73 Å². The normalized spacial score (nSPS) is 13.6. The van der Waals surface area contributed by atoms with Gasteiger partial charge in [-0.05, 0) is 86.6 Å². The van der Waals surface area contributed by atoms with Gasteiger partial charge in [-0.2, -0.15) is 0 Å². The lowest BCUT2D eigenvalue weighted by molar-refractivity contribution is -0.384. The Kier molecular flexibility index (Phi) is 7.51. The molecule has 0 saturated carbocycles. The summed E-state index contributed by atoms with van der Waals surface area (Å²) in [6.45, 7) is 4.05. The van der Waals surface area contributed by atoms with Gasteiger partial charge in [0.2, 0.25) is 0 Å². The molecule has 0 radical (unpaired) electrons. The molecule has 0 spiro atoms. The minimum atomic E-state index is -0.428. The Morgan fingerprint density at radius 1 is 1.03 bits per heavy atom. The number of aliphatic imine (C=N–C) groups is 1. The van der Waals surface area contributed by atoms with Gasteiger partial charge in [-0.1, -0.05) is 25.0 Å². The van der Waals surface area contributed by atoms with E-state index >= 15 is 0 Å². The maximum absolute atomic E-state index is 13.7. The second-order valence-electron chi connectivity index (χ2n) is 9.56. The van der Waals surface area contributed by atoms with E-state index in [0.29, 0.717) is 22.1 Å². The number of fused-ring (bicyclic) bond motifs is 1. The topological polar surface area (TPSA) is 97.7 Å². The SMILES string of the molecule is Cc1cccc(NC(=O)c2c(N=Cc3ccc(-c4ccc([N+](=O)[O-])cc4)o3)sc3c2CCCCCC3)c1C. The molecule has 2 aromatic carbocycles. The van der Waals surface area contributed by atoms with E-state index in [-0.39, 0.29) is 11.6 Å². The zero-order chi connectivity index (χ0) is 26.6. The molecule has 4 aromatic rings. The zero-order valence-electron chi connectivity index (χ0n) is 21.5. The van der Waals surface area contributed by atoms with Crippen LogP contribution in [0.15, 0.2) is 64.0 Å². The fraction of sp³-hybridized carbons (Fsp3) is 0.267. The maximum atomic E-state index is 13.7. The van der Waals surface area contributed by atoms with Gasteiger partial charge in [0.25, 0.3) is 11.6 Å². The lowest BCUT2D eigenvalue weighted by Gasteiger charge is -2.13. The van der Waals surface area contributed by atoms with Crippen molar-refractivity contribution < 1.29 is 14.1 Å². The minimum Gasteiger partial charge on any atom is -0.455 e. The predicted molar refractivity (Wildman–Crippen MR) is 152 cm³/mol. The third-order valence-corrected chi connectivity index (χ3v) is 8.23. The first-order valence-electron chi connectivity index (χ1n) is 12.8. The number of hydrogen-bond donors (Lipinski definition) is 1. The molecule has 0 saturated heterocycles. The third-order valence-electron chi connectivity index (χ3n) is 7.03. The predicted octanol–water partition coefficient (Wildman–Crippen LogP) is 8.20. The monoisotopic (exact) mass is 527 g/mol. The van der Waals surface area contributed by atoms with Gasteiger partial charge in [0.05, 0.1) is 16.7 Å². The average molecular weight is 528 g/mol. The van der Waals surface area contributed by atoms with Gasteiger partial charge in [0, 0.05) is 28.3 Å². The number of thiophene rings is 1. The number of carbonyl (C=O) groups excluding carboxylic acids is 1. The summed E-state index contributed by atoms with van der Waals surface area (Å²) in [6.07, 6.45) is 8.04. The van der Waals surface area contributed by atoms with Crippen LogP contribution in [0, 0.1) is 24.0 Å². The molecule has 1 N–H and O–H groups in total. The smallest absolute Gasteiger partial charge is 0.269 e. The number of benzene rings is 2. The van der Waals surface area contributed by atoms with Gasteiger partial charge in [0.1, 0.15) is 16.5 Å². The highest BCUT2D eigenvalue weighted by molar-refractivity contribution is 7.16. The molecule has 38 heavy (non-hydrogen) atoms. The van der Waals surface area contributed by atoms with E-state index in [9.17, 15) is 14.9 Å². The van der Waals surface area contributed by atoms with Crippen LogP contribution >= 0.6 is 11.3 Å². The van der Waals surface area contributed by atoms with Crippen molar-refractivity contribution in [2.45, 2.75) is 52.4 Å². The minimum absolute atomic E-state index is 0.0296. The molecule has 0 aliphatic heterocycles. The molecule has 1 aliphatic carbocycles. The fourth-order valence-electron chi connectivity index (χ4n) is 4.75. The molecule has 1 aliphatic rings. The van der Waals surface area contributed by atoms with Crippen molar-refractivity contribution in [1.82, 2.24) is 0 Å². The number of amides is 1. The summed E-state index contributed by atoms with van der Waals surface area (Å²) in [4.78, 5) is 30.1. The van der Waals surface area contributed by atoms with E-state index in [0.717, 1.165) is 53.6 Å². The summed E-state index contributed by atoms with van der Waals surface area (Å²) in [5, 5.41) is 14.8. The van der Waals surface area contributed by atoms with E-state index in [1.807, 2.05) is 38.1 Å². The summed E-state index contributed by atoms with van der Waals surface area (Å²) < 4.78 is 5.94. The Morgan fingerprint density at radius 3 is 2.55 bits per heavy atom. The number of rotatable bonds is 6. The molecule has 0 unspecified atom stereocenters. The highest BCUT2D eigenvalue weighted by Gasteiger charge is 2.24. The number of nitro benzene ring substituents is 1. The van der Waals surface area contributed by atoms with E-state index in [1.54, 1.807) is 35.8 Å². The van der Waals surface area contributed by atoms with Crippen molar-refractivity contribution in [3.8, 4) is 11.3 Å². The van der Waals surface area contributed by atoms with Crippen molar-refractivity contribution in [3.63, 3.8) is 0 Å². The number of carbonyl (C=O) groups is 1. The van der Waals surface area contributed by atoms with Crippen molar-refractivity contribution >= 4 is 39.8 Å². The van der Waals surface area contributed by atoms with Crippen molar-refractivity contribution in [2.75, 3.05) is 5.32 Å². The molecular formula is C30H29N3O4S. The van der Waals surface area contributed by atoms with Crippen LogP contribution in [0.2, 0.25) is 0 Å². The van der Waals surface area contributed by atoms with Crippen molar-refractivity contribution in [1.29, 1.82) is 0 Å². The van der Waals surface area contributed by atoms with Crippen LogP contribution in [0.1, 0.15) is 63.4 Å². The summed E-state index contributed by atoms with van der Waals surface area (Å²) in [7, 11) is 0. The molecule has 194 valence electrons. The van der Waals surface area contributed by atoms with Crippen LogP contribution in [-0.4, -0.2) is 17.0 Å². The highest BCUT2D eigenvalue weighted by Crippen LogP contribution is 2.39. The standard InChI is InChI=1S/C30H29N3O4S/c1-19-8-7-10-25(20(19)2)32-29(34)28-24-9-5-3-4-6-11-27(24)38-30(28)31-18-23-16-17-26(37-23)21-12-14-22(15-13-21)33(35)36/h7-8,10,12-18H,3-6,9,11H2,1-2H3,(H,32,34). The van der Waals surface area contributed by atoms with Crippen LogP contribution < -0.4 is 5.32 Å². The Labute approximate surface area is 225 Å². The van der Waals surface area contributed by atoms with Crippen LogP contribution in [0.3, 0.4) is 0 Å². The van der Waals surface area contributed by atoms with Crippen molar-refractivity contribution in [3.05, 3.63) is 97.6 Å². The second kappa shape index (κ2) is 11.1. The molecule has 2 heterocycles. The molecule has 5 rings (SSSR count). The Balaban J connectivity index is 1.45. The van der Waals surface area contributed by atoms with Crippen LogP contribution in [0.5, 0.6) is 0 Å². The molecule has 1 amide bonds. The Hall–Kier alpha value is -4.04. The quantitative estimate of drug-likeness (QED) is 0.155. The molecule has 7 nitrogen and oxygen atoms in total. The van der Waals surface area contributed by atoms with Gasteiger partial charge >= 0.3 is 0 Å². The fourth-order valence-corrected chi connectivity index (χ4v) is 5.98. The first kappa shape index (κ1) is 25.6. The van der Waals surface area contributed by atoms with E-state index < -0.39 is 4.92 Å². The number of non-ortho nitro benzene ring substituents is 1. The number of aryl methyl sites for hydroxylation is 2. The third kappa shape index (κ3) is 5.45. The lowest BCUT2D eigenvalue weighted by Crippen LogP contribution is -2.15. The molecule has 0 fully saturated rings. The number of furan rings is 1. The van der Waals surface area contributed by atoms with Gasteiger partial charge in [0.15, 0.2) is 0 Å².